The van der Waals surface area contributed by atoms with Gasteiger partial charge in [0.05, 0.1) is 11.3 Å². The Balaban J connectivity index is 1.95. The molecule has 0 bridgehead atoms. The topological polar surface area (TPSA) is 98.2 Å². The molecule has 22 heavy (non-hydrogen) atoms. The van der Waals surface area contributed by atoms with Gasteiger partial charge in [0, 0.05) is 4.88 Å². The van der Waals surface area contributed by atoms with Crippen molar-refractivity contribution in [2.24, 2.45) is 5.73 Å². The minimum Gasteiger partial charge on any atom is -0.365 e. The van der Waals surface area contributed by atoms with E-state index in [0.717, 1.165) is 29.7 Å². The first-order valence-corrected chi connectivity index (χ1v) is 8.05. The van der Waals surface area contributed by atoms with Gasteiger partial charge in [-0.25, -0.2) is 0 Å². The van der Waals surface area contributed by atoms with Crippen LogP contribution in [-0.2, 0) is 19.3 Å². The number of aromatic nitrogens is 1. The summed E-state index contributed by atoms with van der Waals surface area (Å²) in [7, 11) is 0. The summed E-state index contributed by atoms with van der Waals surface area (Å²) >= 11 is 1.44. The van der Waals surface area contributed by atoms with E-state index in [2.05, 4.69) is 10.5 Å². The first-order valence-electron chi connectivity index (χ1n) is 7.23. The first kappa shape index (κ1) is 14.8. The molecule has 0 aliphatic heterocycles. The summed E-state index contributed by atoms with van der Waals surface area (Å²) < 4.78 is 5.09. The molecule has 1 aliphatic carbocycles. The quantitative estimate of drug-likeness (QED) is 0.904. The van der Waals surface area contributed by atoms with Crippen LogP contribution in [0.25, 0.3) is 0 Å². The summed E-state index contributed by atoms with van der Waals surface area (Å²) in [6.07, 6.45) is 3.40. The number of aryl methyl sites for hydroxylation is 3. The number of fused-ring (bicyclic) bond motifs is 1. The molecule has 2 aromatic heterocycles. The van der Waals surface area contributed by atoms with E-state index in [1.807, 2.05) is 6.92 Å². The maximum absolute atomic E-state index is 12.5. The maximum Gasteiger partial charge on any atom is 0.261 e. The number of hydrogen-bond donors (Lipinski definition) is 2. The number of anilines is 1. The molecule has 0 saturated heterocycles. The Morgan fingerprint density at radius 1 is 1.36 bits per heavy atom. The van der Waals surface area contributed by atoms with Crippen LogP contribution in [0.5, 0.6) is 0 Å². The predicted octanol–water partition coefficient (Wildman–Crippen LogP) is 2.45. The second kappa shape index (κ2) is 5.57. The van der Waals surface area contributed by atoms with Gasteiger partial charge < -0.3 is 15.6 Å². The van der Waals surface area contributed by atoms with E-state index in [-0.39, 0.29) is 5.91 Å². The van der Waals surface area contributed by atoms with Gasteiger partial charge in [0.25, 0.3) is 11.8 Å². The van der Waals surface area contributed by atoms with Crippen molar-refractivity contribution in [3.05, 3.63) is 33.0 Å². The normalized spacial score (nSPS) is 13.2. The van der Waals surface area contributed by atoms with Crippen molar-refractivity contribution in [2.75, 3.05) is 5.32 Å². The second-order valence-electron chi connectivity index (χ2n) is 5.29. The third kappa shape index (κ3) is 2.31. The highest BCUT2D eigenvalue weighted by Gasteiger charge is 2.27. The fourth-order valence-electron chi connectivity index (χ4n) is 2.87. The second-order valence-corrected chi connectivity index (χ2v) is 6.40. The molecule has 0 unspecified atom stereocenters. The van der Waals surface area contributed by atoms with Gasteiger partial charge in [0.1, 0.15) is 16.3 Å². The fourth-order valence-corrected chi connectivity index (χ4v) is 4.16. The molecule has 0 radical (unpaired) electrons. The van der Waals surface area contributed by atoms with Crippen molar-refractivity contribution < 1.29 is 14.1 Å². The van der Waals surface area contributed by atoms with Crippen LogP contribution in [0.15, 0.2) is 4.52 Å². The van der Waals surface area contributed by atoms with Crippen molar-refractivity contribution in [3.8, 4) is 0 Å². The Kier molecular flexibility index (Phi) is 3.74. The number of carbonyl (C=O) groups excluding carboxylic acids is 2. The van der Waals surface area contributed by atoms with E-state index >= 15 is 0 Å². The molecular weight excluding hydrogens is 302 g/mol. The SMILES string of the molecule is CCc1noc(C)c1C(=O)Nc1sc2c(c1C(N)=O)CCC2. The largest absolute Gasteiger partial charge is 0.365 e. The molecule has 7 heteroatoms. The zero-order valence-corrected chi connectivity index (χ0v) is 13.3. The molecule has 0 spiro atoms. The lowest BCUT2D eigenvalue weighted by atomic mass is 10.1. The van der Waals surface area contributed by atoms with Crippen LogP contribution in [0.2, 0.25) is 0 Å². The Morgan fingerprint density at radius 3 is 2.82 bits per heavy atom. The number of nitrogens with zero attached hydrogens (tertiary/aromatic N) is 1. The third-order valence-electron chi connectivity index (χ3n) is 3.89. The summed E-state index contributed by atoms with van der Waals surface area (Å²) in [6, 6.07) is 0. The average molecular weight is 319 g/mol. The minimum absolute atomic E-state index is 0.307. The standard InChI is InChI=1S/C15H17N3O3S/c1-3-9-11(7(2)21-18-9)14(20)17-15-12(13(16)19)8-5-4-6-10(8)22-15/h3-6H2,1-2H3,(H2,16,19)(H,17,20). The van der Waals surface area contributed by atoms with Gasteiger partial charge in [-0.15, -0.1) is 11.3 Å². The van der Waals surface area contributed by atoms with Gasteiger partial charge in [-0.3, -0.25) is 9.59 Å². The molecule has 116 valence electrons. The van der Waals surface area contributed by atoms with E-state index < -0.39 is 5.91 Å². The highest BCUT2D eigenvalue weighted by Crippen LogP contribution is 2.39. The number of rotatable bonds is 4. The van der Waals surface area contributed by atoms with Gasteiger partial charge in [-0.2, -0.15) is 0 Å². The van der Waals surface area contributed by atoms with E-state index in [1.165, 1.54) is 11.3 Å². The Hall–Kier alpha value is -2.15. The van der Waals surface area contributed by atoms with Gasteiger partial charge >= 0.3 is 0 Å². The van der Waals surface area contributed by atoms with Crippen molar-refractivity contribution in [1.29, 1.82) is 0 Å². The molecule has 0 atom stereocenters. The number of thiophene rings is 1. The van der Waals surface area contributed by atoms with Crippen molar-refractivity contribution in [3.63, 3.8) is 0 Å². The molecule has 2 amide bonds. The van der Waals surface area contributed by atoms with E-state index in [9.17, 15) is 9.59 Å². The van der Waals surface area contributed by atoms with Gasteiger partial charge in [0.2, 0.25) is 0 Å². The monoisotopic (exact) mass is 319 g/mol. The molecule has 0 fully saturated rings. The van der Waals surface area contributed by atoms with Crippen LogP contribution in [0, 0.1) is 6.92 Å². The third-order valence-corrected chi connectivity index (χ3v) is 5.10. The lowest BCUT2D eigenvalue weighted by molar-refractivity contribution is 0.100. The Bertz CT molecular complexity index is 760. The molecule has 0 aromatic carbocycles. The lowest BCUT2D eigenvalue weighted by Gasteiger charge is -2.06. The van der Waals surface area contributed by atoms with Crippen molar-refractivity contribution in [2.45, 2.75) is 39.5 Å². The molecule has 6 nitrogen and oxygen atoms in total. The average Bonchev–Trinajstić information content (AvgIpc) is 3.11. The molecule has 3 rings (SSSR count). The van der Waals surface area contributed by atoms with Gasteiger partial charge in [-0.05, 0) is 38.2 Å². The molecule has 2 aromatic rings. The summed E-state index contributed by atoms with van der Waals surface area (Å²) in [5.74, 6) is -0.329. The Labute approximate surface area is 131 Å². The van der Waals surface area contributed by atoms with E-state index in [4.69, 9.17) is 10.3 Å². The predicted molar refractivity (Wildman–Crippen MR) is 83.4 cm³/mol. The summed E-state index contributed by atoms with van der Waals surface area (Å²) in [6.45, 7) is 3.60. The maximum atomic E-state index is 12.5. The Morgan fingerprint density at radius 2 is 2.14 bits per heavy atom. The molecule has 1 aliphatic rings. The van der Waals surface area contributed by atoms with Crippen LogP contribution < -0.4 is 11.1 Å². The fraction of sp³-hybridized carbons (Fsp3) is 0.400. The zero-order valence-electron chi connectivity index (χ0n) is 12.5. The number of nitrogens with two attached hydrogens (primary N) is 1. The lowest BCUT2D eigenvalue weighted by Crippen LogP contribution is -2.18. The highest BCUT2D eigenvalue weighted by molar-refractivity contribution is 7.17. The minimum atomic E-state index is -0.493. The zero-order chi connectivity index (χ0) is 15.9. The number of hydrogen-bond acceptors (Lipinski definition) is 5. The van der Waals surface area contributed by atoms with Crippen molar-refractivity contribution >= 4 is 28.2 Å². The number of nitrogens with one attached hydrogen (secondary N) is 1. The van der Waals surface area contributed by atoms with Crippen LogP contribution in [0.1, 0.15) is 56.0 Å². The molecule has 2 heterocycles. The molecule has 0 saturated carbocycles. The van der Waals surface area contributed by atoms with Gasteiger partial charge in [-0.1, -0.05) is 12.1 Å². The highest BCUT2D eigenvalue weighted by atomic mass is 32.1. The first-order chi connectivity index (χ1) is 10.5. The van der Waals surface area contributed by atoms with E-state index in [0.29, 0.717) is 34.0 Å². The summed E-state index contributed by atoms with van der Waals surface area (Å²) in [4.78, 5) is 25.4. The van der Waals surface area contributed by atoms with Crippen LogP contribution in [-0.4, -0.2) is 17.0 Å². The summed E-state index contributed by atoms with van der Waals surface area (Å²) in [5, 5.41) is 7.23. The number of primary amides is 1. The molecule has 3 N–H and O–H groups in total. The van der Waals surface area contributed by atoms with Gasteiger partial charge in [0.15, 0.2) is 0 Å². The number of carbonyl (C=O) groups is 2. The van der Waals surface area contributed by atoms with Crippen LogP contribution in [0.4, 0.5) is 5.00 Å². The smallest absolute Gasteiger partial charge is 0.261 e. The molecular formula is C15H17N3O3S. The van der Waals surface area contributed by atoms with Crippen LogP contribution in [0.3, 0.4) is 0 Å². The van der Waals surface area contributed by atoms with Crippen LogP contribution >= 0.6 is 11.3 Å². The summed E-state index contributed by atoms with van der Waals surface area (Å²) in [5.41, 5.74) is 7.99. The van der Waals surface area contributed by atoms with Crippen molar-refractivity contribution in [1.82, 2.24) is 5.16 Å². The van der Waals surface area contributed by atoms with E-state index in [1.54, 1.807) is 6.92 Å². The number of amides is 2.